The summed E-state index contributed by atoms with van der Waals surface area (Å²) < 4.78 is 1.13. The highest BCUT2D eigenvalue weighted by atomic mass is 32.1. The summed E-state index contributed by atoms with van der Waals surface area (Å²) in [6, 6.07) is 20.7. The first-order valence-corrected chi connectivity index (χ1v) is 12.2. The zero-order valence-corrected chi connectivity index (χ0v) is 19.8. The van der Waals surface area contributed by atoms with Gasteiger partial charge in [-0.3, -0.25) is 14.5 Å². The van der Waals surface area contributed by atoms with E-state index in [4.69, 9.17) is 4.98 Å². The van der Waals surface area contributed by atoms with E-state index in [9.17, 15) is 14.4 Å². The van der Waals surface area contributed by atoms with Crippen molar-refractivity contribution in [2.75, 3.05) is 11.9 Å². The van der Waals surface area contributed by atoms with Gasteiger partial charge in [0, 0.05) is 11.3 Å². The van der Waals surface area contributed by atoms with Gasteiger partial charge in [0.2, 0.25) is 5.91 Å². The van der Waals surface area contributed by atoms with E-state index in [1.54, 1.807) is 23.5 Å². The van der Waals surface area contributed by atoms with Gasteiger partial charge in [0.15, 0.2) is 0 Å². The molecule has 1 atom stereocenters. The second-order valence-electron chi connectivity index (χ2n) is 9.00. The predicted molar refractivity (Wildman–Crippen MR) is 135 cm³/mol. The van der Waals surface area contributed by atoms with Crippen molar-refractivity contribution in [2.45, 2.75) is 25.3 Å². The first-order valence-electron chi connectivity index (χ1n) is 11.4. The number of anilines is 1. The summed E-state index contributed by atoms with van der Waals surface area (Å²) in [5.41, 5.74) is 4.51. The van der Waals surface area contributed by atoms with E-state index in [1.165, 1.54) is 5.56 Å². The van der Waals surface area contributed by atoms with Crippen LogP contribution in [0, 0.1) is 6.92 Å². The predicted octanol–water partition coefficient (Wildman–Crippen LogP) is 4.60. The number of nitrogens with zero attached hydrogens (tertiary/aromatic N) is 2. The first kappa shape index (κ1) is 21.5. The van der Waals surface area contributed by atoms with Crippen LogP contribution < -0.4 is 10.6 Å². The van der Waals surface area contributed by atoms with Crippen LogP contribution in [-0.4, -0.2) is 34.3 Å². The van der Waals surface area contributed by atoms with Crippen molar-refractivity contribution in [3.05, 3.63) is 83.4 Å². The number of nitrogens with one attached hydrogen (secondary N) is 2. The normalized spacial score (nSPS) is 18.8. The molecule has 35 heavy (non-hydrogen) atoms. The second-order valence-corrected chi connectivity index (χ2v) is 10.0. The van der Waals surface area contributed by atoms with Crippen molar-refractivity contribution in [2.24, 2.45) is 0 Å². The Morgan fingerprint density at radius 2 is 1.91 bits per heavy atom. The molecule has 1 fully saturated rings. The SMILES string of the molecule is Cc1ccc2nc(-c3ccc(NC(=O)CN4C(=O)NC5(CCc6ccccc65)C4=O)cc3)sc2c1. The molecule has 1 spiro atoms. The second kappa shape index (κ2) is 8.02. The number of hydrogen-bond donors (Lipinski definition) is 2. The number of urea groups is 1. The summed E-state index contributed by atoms with van der Waals surface area (Å²) in [5.74, 6) is -0.802. The maximum Gasteiger partial charge on any atom is 0.325 e. The van der Waals surface area contributed by atoms with Crippen LogP contribution >= 0.6 is 11.3 Å². The molecule has 4 amide bonds. The molecule has 174 valence electrons. The fraction of sp³-hybridized carbons (Fsp3) is 0.185. The van der Waals surface area contributed by atoms with Crippen molar-refractivity contribution in [1.29, 1.82) is 0 Å². The van der Waals surface area contributed by atoms with E-state index in [0.717, 1.165) is 36.8 Å². The number of thiazole rings is 1. The van der Waals surface area contributed by atoms with Crippen LogP contribution in [0.3, 0.4) is 0 Å². The van der Waals surface area contributed by atoms with Crippen LogP contribution in [0.1, 0.15) is 23.1 Å². The fourth-order valence-electron chi connectivity index (χ4n) is 4.93. The van der Waals surface area contributed by atoms with Gasteiger partial charge in [0.1, 0.15) is 17.1 Å². The minimum absolute atomic E-state index is 0.340. The number of fused-ring (bicyclic) bond motifs is 3. The fourth-order valence-corrected chi connectivity index (χ4v) is 6.00. The minimum atomic E-state index is -1.06. The lowest BCUT2D eigenvalue weighted by Gasteiger charge is -2.22. The molecule has 1 saturated heterocycles. The molecule has 1 unspecified atom stereocenters. The number of carbonyl (C=O) groups is 3. The van der Waals surface area contributed by atoms with Gasteiger partial charge in [-0.15, -0.1) is 11.3 Å². The van der Waals surface area contributed by atoms with E-state index < -0.39 is 17.5 Å². The van der Waals surface area contributed by atoms with Gasteiger partial charge in [-0.1, -0.05) is 30.3 Å². The van der Waals surface area contributed by atoms with E-state index in [2.05, 4.69) is 23.6 Å². The number of rotatable bonds is 4. The molecule has 6 rings (SSSR count). The highest BCUT2D eigenvalue weighted by Gasteiger charge is 2.55. The molecule has 1 aliphatic carbocycles. The van der Waals surface area contributed by atoms with E-state index >= 15 is 0 Å². The monoisotopic (exact) mass is 482 g/mol. The topological polar surface area (TPSA) is 91.4 Å². The number of carbonyl (C=O) groups excluding carboxylic acids is 3. The van der Waals surface area contributed by atoms with Gasteiger partial charge in [-0.2, -0.15) is 0 Å². The molecular weight excluding hydrogens is 460 g/mol. The lowest BCUT2D eigenvalue weighted by molar-refractivity contribution is -0.134. The number of hydrogen-bond acceptors (Lipinski definition) is 5. The molecule has 1 aromatic heterocycles. The summed E-state index contributed by atoms with van der Waals surface area (Å²) in [5, 5.41) is 6.54. The lowest BCUT2D eigenvalue weighted by atomic mass is 9.92. The molecule has 2 heterocycles. The molecule has 0 radical (unpaired) electrons. The molecular formula is C27H22N4O3S. The first-order chi connectivity index (χ1) is 16.9. The van der Waals surface area contributed by atoms with Crippen molar-refractivity contribution >= 4 is 45.1 Å². The molecule has 7 nitrogen and oxygen atoms in total. The quantitative estimate of drug-likeness (QED) is 0.416. The number of amides is 4. The molecule has 0 bridgehead atoms. The molecule has 8 heteroatoms. The standard InChI is InChI=1S/C27H22N4O3S/c1-16-6-11-21-22(14-16)35-24(29-21)18-7-9-19(10-8-18)28-23(32)15-31-25(33)27(30-26(31)34)13-12-17-4-2-3-5-20(17)27/h2-11,14H,12-13,15H2,1H3,(H,28,32)(H,30,34). The number of aryl methyl sites for hydroxylation is 2. The van der Waals surface area contributed by atoms with Crippen LogP contribution in [-0.2, 0) is 21.5 Å². The van der Waals surface area contributed by atoms with Crippen molar-refractivity contribution in [3.63, 3.8) is 0 Å². The Balaban J connectivity index is 1.15. The summed E-state index contributed by atoms with van der Waals surface area (Å²) in [7, 11) is 0. The number of benzene rings is 3. The summed E-state index contributed by atoms with van der Waals surface area (Å²) in [6.07, 6.45) is 1.21. The Hall–Kier alpha value is -4.04. The smallest absolute Gasteiger partial charge is 0.325 e. The zero-order chi connectivity index (χ0) is 24.2. The van der Waals surface area contributed by atoms with Crippen molar-refractivity contribution in [1.82, 2.24) is 15.2 Å². The van der Waals surface area contributed by atoms with E-state index in [0.29, 0.717) is 18.5 Å². The Bertz CT molecular complexity index is 1510. The van der Waals surface area contributed by atoms with Gasteiger partial charge >= 0.3 is 6.03 Å². The maximum atomic E-state index is 13.2. The zero-order valence-electron chi connectivity index (χ0n) is 19.0. The van der Waals surface area contributed by atoms with Crippen LogP contribution in [0.25, 0.3) is 20.8 Å². The number of aromatic nitrogens is 1. The summed E-state index contributed by atoms with van der Waals surface area (Å²) in [4.78, 5) is 44.3. The Labute approximate surface area is 205 Å². The lowest BCUT2D eigenvalue weighted by Crippen LogP contribution is -2.42. The molecule has 3 aromatic carbocycles. The third-order valence-corrected chi connectivity index (χ3v) is 7.75. The average molecular weight is 483 g/mol. The van der Waals surface area contributed by atoms with Gasteiger partial charge < -0.3 is 10.6 Å². The van der Waals surface area contributed by atoms with Crippen molar-refractivity contribution < 1.29 is 14.4 Å². The van der Waals surface area contributed by atoms with Crippen LogP contribution in [0.5, 0.6) is 0 Å². The molecule has 2 aliphatic rings. The molecule has 0 saturated carbocycles. The van der Waals surface area contributed by atoms with Gasteiger partial charge in [-0.25, -0.2) is 9.78 Å². The van der Waals surface area contributed by atoms with E-state index in [1.807, 2.05) is 48.5 Å². The van der Waals surface area contributed by atoms with Gasteiger partial charge in [0.05, 0.1) is 10.2 Å². The molecule has 4 aromatic rings. The van der Waals surface area contributed by atoms with Crippen LogP contribution in [0.2, 0.25) is 0 Å². The number of imide groups is 1. The van der Waals surface area contributed by atoms with E-state index in [-0.39, 0.29) is 12.5 Å². The van der Waals surface area contributed by atoms with Crippen LogP contribution in [0.4, 0.5) is 10.5 Å². The van der Waals surface area contributed by atoms with Crippen LogP contribution in [0.15, 0.2) is 66.7 Å². The maximum absolute atomic E-state index is 13.2. The average Bonchev–Trinajstić information content (AvgIpc) is 3.51. The van der Waals surface area contributed by atoms with Gasteiger partial charge in [-0.05, 0) is 72.9 Å². The highest BCUT2D eigenvalue weighted by molar-refractivity contribution is 7.21. The van der Waals surface area contributed by atoms with Gasteiger partial charge in [0.25, 0.3) is 5.91 Å². The third kappa shape index (κ3) is 3.57. The summed E-state index contributed by atoms with van der Waals surface area (Å²) in [6.45, 7) is 1.72. The Morgan fingerprint density at radius 3 is 2.74 bits per heavy atom. The molecule has 2 N–H and O–H groups in total. The Morgan fingerprint density at radius 1 is 1.11 bits per heavy atom. The minimum Gasteiger partial charge on any atom is -0.325 e. The Kier molecular flexibility index (Phi) is 4.93. The molecule has 1 aliphatic heterocycles. The third-order valence-electron chi connectivity index (χ3n) is 6.68. The van der Waals surface area contributed by atoms with Crippen molar-refractivity contribution in [3.8, 4) is 10.6 Å². The summed E-state index contributed by atoms with van der Waals surface area (Å²) >= 11 is 1.62. The highest BCUT2D eigenvalue weighted by Crippen LogP contribution is 2.41. The largest absolute Gasteiger partial charge is 0.325 e.